The van der Waals surface area contributed by atoms with E-state index in [0.717, 1.165) is 24.5 Å². The van der Waals surface area contributed by atoms with E-state index in [-0.39, 0.29) is 12.1 Å². The highest BCUT2D eigenvalue weighted by Crippen LogP contribution is 2.44. The molecule has 0 aliphatic carbocycles. The summed E-state index contributed by atoms with van der Waals surface area (Å²) in [6.07, 6.45) is 5.40. The van der Waals surface area contributed by atoms with Crippen molar-refractivity contribution >= 4 is 15.7 Å². The van der Waals surface area contributed by atoms with Gasteiger partial charge in [-0.2, -0.15) is 0 Å². The highest BCUT2D eigenvalue weighted by Gasteiger charge is 2.49. The number of rotatable bonds is 4. The molecule has 1 spiro atoms. The Labute approximate surface area is 187 Å². The Kier molecular flexibility index (Phi) is 5.38. The van der Waals surface area contributed by atoms with E-state index in [4.69, 9.17) is 9.15 Å². The van der Waals surface area contributed by atoms with Gasteiger partial charge in [-0.05, 0) is 56.4 Å². The molecule has 5 rings (SSSR count). The maximum atomic E-state index is 13.9. The van der Waals surface area contributed by atoms with Gasteiger partial charge in [-0.25, -0.2) is 17.8 Å². The Morgan fingerprint density at radius 1 is 1.31 bits per heavy atom. The van der Waals surface area contributed by atoms with Crippen LogP contribution in [0.15, 0.2) is 46.6 Å². The fourth-order valence-corrected chi connectivity index (χ4v) is 7.01. The van der Waals surface area contributed by atoms with Crippen LogP contribution in [0.1, 0.15) is 50.7 Å². The summed E-state index contributed by atoms with van der Waals surface area (Å²) in [6, 6.07) is 5.89. The summed E-state index contributed by atoms with van der Waals surface area (Å²) in [5.41, 5.74) is 0.545. The van der Waals surface area contributed by atoms with Crippen molar-refractivity contribution in [3.05, 3.63) is 59.4 Å². The molecule has 7 nitrogen and oxygen atoms in total. The number of anilines is 1. The number of halogens is 1. The van der Waals surface area contributed by atoms with Crippen molar-refractivity contribution < 1.29 is 22.0 Å². The summed E-state index contributed by atoms with van der Waals surface area (Å²) < 4.78 is 52.6. The number of oxazole rings is 1. The molecule has 172 valence electrons. The average molecular weight is 462 g/mol. The first-order chi connectivity index (χ1) is 15.3. The largest absolute Gasteiger partial charge is 0.445 e. The fraction of sp³-hybridized carbons (Fsp3) is 0.522. The Balaban J connectivity index is 1.37. The van der Waals surface area contributed by atoms with Crippen LogP contribution in [0.4, 0.5) is 10.1 Å². The van der Waals surface area contributed by atoms with Gasteiger partial charge in [-0.15, -0.1) is 0 Å². The molecular formula is C23H28FN3O4S. The lowest BCUT2D eigenvalue weighted by atomic mass is 9.83. The minimum Gasteiger partial charge on any atom is -0.445 e. The Morgan fingerprint density at radius 2 is 2.16 bits per heavy atom. The van der Waals surface area contributed by atoms with Gasteiger partial charge in [0.05, 0.1) is 16.9 Å². The molecule has 0 radical (unpaired) electrons. The lowest BCUT2D eigenvalue weighted by Gasteiger charge is -2.47. The summed E-state index contributed by atoms with van der Waals surface area (Å²) in [4.78, 5) is 6.76. The van der Waals surface area contributed by atoms with Crippen molar-refractivity contribution in [3.63, 3.8) is 0 Å². The first kappa shape index (κ1) is 21.6. The van der Waals surface area contributed by atoms with Crippen LogP contribution in [0.2, 0.25) is 0 Å². The van der Waals surface area contributed by atoms with Crippen LogP contribution in [-0.4, -0.2) is 43.0 Å². The van der Waals surface area contributed by atoms with Crippen molar-refractivity contribution in [2.45, 2.75) is 57.3 Å². The number of nitrogens with zero attached hydrogens (tertiary/aromatic N) is 3. The zero-order valence-electron chi connectivity index (χ0n) is 18.3. The molecule has 2 fully saturated rings. The van der Waals surface area contributed by atoms with Crippen LogP contribution in [-0.2, 0) is 21.3 Å². The summed E-state index contributed by atoms with van der Waals surface area (Å²) in [7, 11) is -3.66. The first-order valence-corrected chi connectivity index (χ1v) is 12.6. The number of hydrogen-bond acceptors (Lipinski definition) is 6. The van der Waals surface area contributed by atoms with Crippen molar-refractivity contribution in [1.29, 1.82) is 0 Å². The molecule has 0 bridgehead atoms. The van der Waals surface area contributed by atoms with Crippen LogP contribution in [0.25, 0.3) is 0 Å². The third-order valence-electron chi connectivity index (χ3n) is 7.03. The van der Waals surface area contributed by atoms with E-state index in [1.165, 1.54) is 28.2 Å². The normalized spacial score (nSPS) is 32.2. The number of likely N-dealkylation sites (tertiary alicyclic amines) is 1. The molecule has 1 aromatic carbocycles. The number of sulfonamides is 1. The maximum Gasteiger partial charge on any atom is 0.258 e. The fourth-order valence-electron chi connectivity index (χ4n) is 5.32. The number of hydrogen-bond donors (Lipinski definition) is 0. The second kappa shape index (κ2) is 7.97. The van der Waals surface area contributed by atoms with Crippen LogP contribution in [0, 0.1) is 11.7 Å². The highest BCUT2D eigenvalue weighted by atomic mass is 32.2. The third-order valence-corrected chi connectivity index (χ3v) is 8.59. The maximum absolute atomic E-state index is 13.9. The van der Waals surface area contributed by atoms with Gasteiger partial charge in [-0.1, -0.05) is 13.0 Å². The van der Waals surface area contributed by atoms with Crippen LogP contribution >= 0.6 is 0 Å². The van der Waals surface area contributed by atoms with Crippen LogP contribution in [0.3, 0.4) is 0 Å². The topological polar surface area (TPSA) is 75.9 Å². The zero-order valence-corrected chi connectivity index (χ0v) is 19.1. The molecule has 0 N–H and O–H groups in total. The second-order valence-corrected chi connectivity index (χ2v) is 10.9. The molecule has 9 heteroatoms. The first-order valence-electron chi connectivity index (χ1n) is 11.1. The number of benzene rings is 1. The smallest absolute Gasteiger partial charge is 0.258 e. The molecule has 32 heavy (non-hydrogen) atoms. The van der Waals surface area contributed by atoms with E-state index in [1.807, 2.05) is 0 Å². The molecule has 1 aromatic heterocycles. The van der Waals surface area contributed by atoms with Crippen molar-refractivity contribution in [1.82, 2.24) is 9.88 Å². The monoisotopic (exact) mass is 461 g/mol. The van der Waals surface area contributed by atoms with Gasteiger partial charge in [0.25, 0.3) is 10.0 Å². The zero-order chi connectivity index (χ0) is 22.5. The van der Waals surface area contributed by atoms with E-state index < -0.39 is 21.4 Å². The van der Waals surface area contributed by atoms with E-state index in [0.29, 0.717) is 37.5 Å². The Bertz CT molecular complexity index is 1130. The lowest BCUT2D eigenvalue weighted by molar-refractivity contribution is 0.0716. The second-order valence-electron chi connectivity index (χ2n) is 9.19. The minimum atomic E-state index is -3.66. The van der Waals surface area contributed by atoms with E-state index in [2.05, 4.69) is 23.7 Å². The van der Waals surface area contributed by atoms with Crippen LogP contribution < -0.4 is 4.31 Å². The molecule has 3 aliphatic rings. The predicted molar refractivity (Wildman–Crippen MR) is 118 cm³/mol. The van der Waals surface area contributed by atoms with E-state index in [1.54, 1.807) is 18.2 Å². The molecule has 3 aliphatic heterocycles. The SMILES string of the molecule is C[C@@H]1CCO[C@@H]1c1ocnc1CN1CC[C@]2(C=CS(=O)(=O)N2c2cccc(F)c2)C[C@@H]1C. The summed E-state index contributed by atoms with van der Waals surface area (Å²) in [6.45, 7) is 6.28. The van der Waals surface area contributed by atoms with Gasteiger partial charge in [0.1, 0.15) is 11.9 Å². The standard InChI is InChI=1S/C23H28FN3O4S/c1-16-6-10-30-21(16)22-20(25-15-31-22)14-26-9-7-23(13-17(26)2)8-11-32(28,29)27(23)19-5-3-4-18(24)12-19/h3-5,8,11-12,15-17,21H,6-7,9-10,13-14H2,1-2H3/t16-,17+,21+,23+/m1/s1. The average Bonchev–Trinajstić information content (AvgIpc) is 3.42. The predicted octanol–water partition coefficient (Wildman–Crippen LogP) is 4.00. The van der Waals surface area contributed by atoms with Gasteiger partial charge in [-0.3, -0.25) is 9.21 Å². The lowest BCUT2D eigenvalue weighted by Crippen LogP contribution is -2.56. The Hall–Kier alpha value is -2.23. The Morgan fingerprint density at radius 3 is 2.88 bits per heavy atom. The van der Waals surface area contributed by atoms with Gasteiger partial charge in [0.15, 0.2) is 12.2 Å². The number of piperidine rings is 1. The molecule has 0 unspecified atom stereocenters. The summed E-state index contributed by atoms with van der Waals surface area (Å²) in [5.74, 6) is 0.733. The molecule has 0 amide bonds. The van der Waals surface area contributed by atoms with E-state index >= 15 is 0 Å². The minimum absolute atomic E-state index is 0.0645. The van der Waals surface area contributed by atoms with Gasteiger partial charge in [0.2, 0.25) is 0 Å². The van der Waals surface area contributed by atoms with Gasteiger partial charge in [0, 0.05) is 31.1 Å². The number of aromatic nitrogens is 1. The third kappa shape index (κ3) is 3.66. The van der Waals surface area contributed by atoms with E-state index in [9.17, 15) is 12.8 Å². The van der Waals surface area contributed by atoms with Gasteiger partial charge >= 0.3 is 0 Å². The van der Waals surface area contributed by atoms with Crippen molar-refractivity contribution in [3.8, 4) is 0 Å². The summed E-state index contributed by atoms with van der Waals surface area (Å²) >= 11 is 0. The quantitative estimate of drug-likeness (QED) is 0.685. The molecule has 0 saturated carbocycles. The molecule has 2 saturated heterocycles. The van der Waals surface area contributed by atoms with Crippen LogP contribution in [0.5, 0.6) is 0 Å². The van der Waals surface area contributed by atoms with Gasteiger partial charge < -0.3 is 9.15 Å². The molecule has 4 atom stereocenters. The molecular weight excluding hydrogens is 433 g/mol. The molecule has 2 aromatic rings. The number of ether oxygens (including phenoxy) is 1. The summed E-state index contributed by atoms with van der Waals surface area (Å²) in [5, 5.41) is 1.26. The van der Waals surface area contributed by atoms with Crippen molar-refractivity contribution in [2.75, 3.05) is 17.5 Å². The van der Waals surface area contributed by atoms with Crippen molar-refractivity contribution in [2.24, 2.45) is 5.92 Å². The highest BCUT2D eigenvalue weighted by molar-refractivity contribution is 7.96. The molecule has 4 heterocycles.